The first-order chi connectivity index (χ1) is 14.1. The minimum Gasteiger partial charge on any atom is -0.338 e. The van der Waals surface area contributed by atoms with E-state index in [1.165, 1.54) is 12.1 Å². The summed E-state index contributed by atoms with van der Waals surface area (Å²) in [6.45, 7) is 2.27. The number of nitrogens with two attached hydrogens (primary N) is 1. The molecule has 1 aromatic heterocycles. The smallest absolute Gasteiger partial charge is 0.323 e. The molecular weight excluding hydrogens is 411 g/mol. The van der Waals surface area contributed by atoms with E-state index in [2.05, 4.69) is 25.7 Å². The van der Waals surface area contributed by atoms with Crippen molar-refractivity contribution in [1.82, 2.24) is 15.0 Å². The Morgan fingerprint density at radius 1 is 1.17 bits per heavy atom. The second kappa shape index (κ2) is 9.66. The highest BCUT2D eigenvalue weighted by atomic mass is 35.5. The molecule has 4 rings (SSSR count). The van der Waals surface area contributed by atoms with Crippen molar-refractivity contribution >= 4 is 29.8 Å². The largest absolute Gasteiger partial charge is 0.338 e. The number of para-hydroxylation sites is 1. The van der Waals surface area contributed by atoms with E-state index in [1.807, 2.05) is 18.2 Å². The lowest BCUT2D eigenvalue weighted by Crippen LogP contribution is -2.31. The van der Waals surface area contributed by atoms with Gasteiger partial charge in [-0.1, -0.05) is 29.4 Å². The van der Waals surface area contributed by atoms with Crippen molar-refractivity contribution in [3.05, 3.63) is 71.1 Å². The molecule has 3 aromatic rings. The van der Waals surface area contributed by atoms with Crippen molar-refractivity contribution in [2.45, 2.75) is 26.1 Å². The maximum atomic E-state index is 13.7. The molecule has 1 aliphatic heterocycles. The maximum absolute atomic E-state index is 13.7. The third-order valence-electron chi connectivity index (χ3n) is 4.77. The third-order valence-corrected chi connectivity index (χ3v) is 4.77. The Morgan fingerprint density at radius 2 is 1.93 bits per heavy atom. The fraction of sp³-hybridized carbons (Fsp3) is 0.250. The third kappa shape index (κ3) is 4.93. The number of aromatic nitrogens is 2. The zero-order chi connectivity index (χ0) is 20.2. The van der Waals surface area contributed by atoms with Gasteiger partial charge in [-0.2, -0.15) is 4.98 Å². The highest BCUT2D eigenvalue weighted by Gasteiger charge is 2.21. The molecule has 1 aliphatic rings. The number of anilines is 2. The van der Waals surface area contributed by atoms with E-state index in [1.54, 1.807) is 12.1 Å². The lowest BCUT2D eigenvalue weighted by Gasteiger charge is -2.29. The molecule has 0 saturated heterocycles. The Labute approximate surface area is 179 Å². The number of carbonyl (C=O) groups excluding carboxylic acids is 1. The Balaban J connectivity index is 0.00000256. The van der Waals surface area contributed by atoms with Crippen LogP contribution in [0, 0.1) is 5.82 Å². The van der Waals surface area contributed by atoms with Crippen molar-refractivity contribution in [2.24, 2.45) is 5.73 Å². The molecule has 0 unspecified atom stereocenters. The average Bonchev–Trinajstić information content (AvgIpc) is 3.17. The SMILES string of the molecule is Cl.NCc1nc(CN2CCc3c(cccc3NC(=O)Nc3ccccc3F)C2)no1. The summed E-state index contributed by atoms with van der Waals surface area (Å²) in [4.78, 5) is 18.8. The fourth-order valence-electron chi connectivity index (χ4n) is 3.40. The number of urea groups is 1. The molecule has 0 saturated carbocycles. The molecule has 0 bridgehead atoms. The quantitative estimate of drug-likeness (QED) is 0.570. The number of hydrogen-bond acceptors (Lipinski definition) is 6. The van der Waals surface area contributed by atoms with Crippen LogP contribution in [0.15, 0.2) is 47.0 Å². The number of nitrogens with one attached hydrogen (secondary N) is 2. The summed E-state index contributed by atoms with van der Waals surface area (Å²) < 4.78 is 18.8. The summed E-state index contributed by atoms with van der Waals surface area (Å²) in [5.41, 5.74) is 8.55. The number of nitrogens with zero attached hydrogens (tertiary/aromatic N) is 3. The van der Waals surface area contributed by atoms with E-state index >= 15 is 0 Å². The van der Waals surface area contributed by atoms with E-state index < -0.39 is 11.8 Å². The minimum atomic E-state index is -0.480. The number of amides is 2. The summed E-state index contributed by atoms with van der Waals surface area (Å²) >= 11 is 0. The molecular formula is C20H22ClFN6O2. The second-order valence-electron chi connectivity index (χ2n) is 6.77. The first kappa shape index (κ1) is 21.7. The molecule has 0 spiro atoms. The molecule has 4 N–H and O–H groups in total. The van der Waals surface area contributed by atoms with Crippen molar-refractivity contribution in [2.75, 3.05) is 17.2 Å². The first-order valence-corrected chi connectivity index (χ1v) is 9.29. The number of fused-ring (bicyclic) bond motifs is 1. The summed E-state index contributed by atoms with van der Waals surface area (Å²) in [7, 11) is 0. The van der Waals surface area contributed by atoms with Gasteiger partial charge in [0.25, 0.3) is 0 Å². The first-order valence-electron chi connectivity index (χ1n) is 9.29. The van der Waals surface area contributed by atoms with Gasteiger partial charge in [-0.05, 0) is 35.7 Å². The van der Waals surface area contributed by atoms with Gasteiger partial charge in [-0.25, -0.2) is 9.18 Å². The topological polar surface area (TPSA) is 109 Å². The number of halogens is 2. The van der Waals surface area contributed by atoms with Crippen molar-refractivity contribution in [1.29, 1.82) is 0 Å². The van der Waals surface area contributed by atoms with Crippen LogP contribution in [0.4, 0.5) is 20.6 Å². The van der Waals surface area contributed by atoms with Gasteiger partial charge in [0.1, 0.15) is 5.82 Å². The Kier molecular flexibility index (Phi) is 6.99. The Morgan fingerprint density at radius 3 is 2.70 bits per heavy atom. The van der Waals surface area contributed by atoms with Gasteiger partial charge in [0.2, 0.25) is 5.89 Å². The van der Waals surface area contributed by atoms with Crippen LogP contribution in [0.3, 0.4) is 0 Å². The van der Waals surface area contributed by atoms with Gasteiger partial charge in [0.05, 0.1) is 18.8 Å². The molecule has 0 radical (unpaired) electrons. The monoisotopic (exact) mass is 432 g/mol. The van der Waals surface area contributed by atoms with Crippen LogP contribution in [0.25, 0.3) is 0 Å². The summed E-state index contributed by atoms with van der Waals surface area (Å²) in [5, 5.41) is 9.31. The van der Waals surface area contributed by atoms with E-state index in [0.29, 0.717) is 24.8 Å². The average molecular weight is 433 g/mol. The Bertz CT molecular complexity index is 1030. The summed E-state index contributed by atoms with van der Waals surface area (Å²) in [5.74, 6) is 0.546. The van der Waals surface area contributed by atoms with E-state index in [-0.39, 0.29) is 24.6 Å². The van der Waals surface area contributed by atoms with Crippen LogP contribution in [0.5, 0.6) is 0 Å². The molecule has 2 heterocycles. The highest BCUT2D eigenvalue weighted by molar-refractivity contribution is 6.00. The predicted molar refractivity (Wildman–Crippen MR) is 113 cm³/mol. The van der Waals surface area contributed by atoms with Gasteiger partial charge >= 0.3 is 6.03 Å². The predicted octanol–water partition coefficient (Wildman–Crippen LogP) is 3.29. The normalized spacial score (nSPS) is 13.3. The van der Waals surface area contributed by atoms with Crippen molar-refractivity contribution < 1.29 is 13.7 Å². The van der Waals surface area contributed by atoms with Gasteiger partial charge in [0.15, 0.2) is 5.82 Å². The van der Waals surface area contributed by atoms with Crippen molar-refractivity contribution in [3.8, 4) is 0 Å². The number of benzene rings is 2. The molecule has 158 valence electrons. The molecule has 0 atom stereocenters. The van der Waals surface area contributed by atoms with Crippen LogP contribution in [-0.4, -0.2) is 27.6 Å². The van der Waals surface area contributed by atoms with Gasteiger partial charge in [0, 0.05) is 18.8 Å². The molecule has 10 heteroatoms. The zero-order valence-electron chi connectivity index (χ0n) is 16.1. The molecule has 8 nitrogen and oxygen atoms in total. The zero-order valence-corrected chi connectivity index (χ0v) is 16.9. The molecule has 0 fully saturated rings. The summed E-state index contributed by atoms with van der Waals surface area (Å²) in [6, 6.07) is 11.3. The van der Waals surface area contributed by atoms with Crippen LogP contribution >= 0.6 is 12.4 Å². The number of hydrogen-bond donors (Lipinski definition) is 3. The lowest BCUT2D eigenvalue weighted by atomic mass is 9.97. The second-order valence-corrected chi connectivity index (χ2v) is 6.77. The molecule has 2 aromatic carbocycles. The number of carbonyl (C=O) groups is 1. The van der Waals surface area contributed by atoms with Crippen LogP contribution in [-0.2, 0) is 26.1 Å². The Hall–Kier alpha value is -3.01. The molecule has 30 heavy (non-hydrogen) atoms. The standard InChI is InChI=1S/C20H21FN6O2.ClH/c21-15-5-1-2-6-17(15)24-20(28)23-16-7-3-4-13-11-27(9-8-14(13)16)12-18-25-19(10-22)29-26-18;/h1-7H,8-12,22H2,(H2,23,24,28);1H. The van der Waals surface area contributed by atoms with Crippen LogP contribution in [0.1, 0.15) is 22.8 Å². The van der Waals surface area contributed by atoms with Crippen molar-refractivity contribution in [3.63, 3.8) is 0 Å². The van der Waals surface area contributed by atoms with E-state index in [4.69, 9.17) is 10.3 Å². The highest BCUT2D eigenvalue weighted by Crippen LogP contribution is 2.27. The van der Waals surface area contributed by atoms with Gasteiger partial charge in [-0.15, -0.1) is 12.4 Å². The molecule has 2 amide bonds. The van der Waals surface area contributed by atoms with Gasteiger partial charge < -0.3 is 20.9 Å². The number of rotatable bonds is 5. The minimum absolute atomic E-state index is 0. The fourth-order valence-corrected chi connectivity index (χ4v) is 3.40. The lowest BCUT2D eigenvalue weighted by molar-refractivity contribution is 0.235. The summed E-state index contributed by atoms with van der Waals surface area (Å²) in [6.07, 6.45) is 0.757. The van der Waals surface area contributed by atoms with Crippen LogP contribution in [0.2, 0.25) is 0 Å². The van der Waals surface area contributed by atoms with Gasteiger partial charge in [-0.3, -0.25) is 4.90 Å². The maximum Gasteiger partial charge on any atom is 0.323 e. The van der Waals surface area contributed by atoms with Crippen LogP contribution < -0.4 is 16.4 Å². The van der Waals surface area contributed by atoms with E-state index in [0.717, 1.165) is 29.8 Å². The molecule has 0 aliphatic carbocycles. The van der Waals surface area contributed by atoms with E-state index in [9.17, 15) is 9.18 Å².